The second-order valence-electron chi connectivity index (χ2n) is 5.95. The van der Waals surface area contributed by atoms with Crippen molar-refractivity contribution >= 4 is 6.03 Å². The van der Waals surface area contributed by atoms with Gasteiger partial charge in [0.05, 0.1) is 12.3 Å². The van der Waals surface area contributed by atoms with Gasteiger partial charge in [-0.3, -0.25) is 4.68 Å². The summed E-state index contributed by atoms with van der Waals surface area (Å²) in [4.78, 5) is 13.9. The Morgan fingerprint density at radius 3 is 3.10 bits per heavy atom. The molecule has 1 saturated heterocycles. The van der Waals surface area contributed by atoms with E-state index >= 15 is 0 Å². The molecule has 1 aromatic heterocycles. The van der Waals surface area contributed by atoms with Crippen molar-refractivity contribution < 1.29 is 9.90 Å². The molecule has 2 amide bonds. The summed E-state index contributed by atoms with van der Waals surface area (Å²) in [6.45, 7) is 3.92. The average molecular weight is 294 g/mol. The number of urea groups is 1. The fourth-order valence-electron chi connectivity index (χ4n) is 2.79. The van der Waals surface area contributed by atoms with Gasteiger partial charge in [0.2, 0.25) is 0 Å². The van der Waals surface area contributed by atoms with Crippen LogP contribution in [-0.2, 0) is 13.5 Å². The molecule has 0 spiro atoms. The third kappa shape index (κ3) is 4.74. The van der Waals surface area contributed by atoms with Crippen LogP contribution in [-0.4, -0.2) is 51.6 Å². The maximum absolute atomic E-state index is 12.1. The van der Waals surface area contributed by atoms with Gasteiger partial charge in [-0.1, -0.05) is 0 Å². The van der Waals surface area contributed by atoms with Gasteiger partial charge in [0, 0.05) is 38.8 Å². The molecule has 1 aliphatic heterocycles. The van der Waals surface area contributed by atoms with Crippen LogP contribution < -0.4 is 5.32 Å². The first-order valence-electron chi connectivity index (χ1n) is 7.74. The normalized spacial score (nSPS) is 20.3. The van der Waals surface area contributed by atoms with Crippen molar-refractivity contribution in [3.8, 4) is 0 Å². The van der Waals surface area contributed by atoms with Gasteiger partial charge in [-0.25, -0.2) is 4.79 Å². The molecule has 2 unspecified atom stereocenters. The number of carbonyl (C=O) groups is 1. The van der Waals surface area contributed by atoms with E-state index in [4.69, 9.17) is 0 Å². The predicted molar refractivity (Wildman–Crippen MR) is 80.9 cm³/mol. The van der Waals surface area contributed by atoms with Crippen LogP contribution in [0.25, 0.3) is 0 Å². The molecule has 2 rings (SSSR count). The molecule has 0 aromatic carbocycles. The smallest absolute Gasteiger partial charge is 0.317 e. The number of nitrogens with zero attached hydrogens (tertiary/aromatic N) is 3. The van der Waals surface area contributed by atoms with Gasteiger partial charge < -0.3 is 15.3 Å². The Bertz CT molecular complexity index is 458. The van der Waals surface area contributed by atoms with Crippen molar-refractivity contribution in [3.05, 3.63) is 18.0 Å². The highest BCUT2D eigenvalue weighted by molar-refractivity contribution is 5.74. The zero-order chi connectivity index (χ0) is 15.2. The van der Waals surface area contributed by atoms with E-state index in [1.807, 2.05) is 24.3 Å². The van der Waals surface area contributed by atoms with Crippen LogP contribution in [0.15, 0.2) is 12.4 Å². The maximum Gasteiger partial charge on any atom is 0.317 e. The van der Waals surface area contributed by atoms with Crippen molar-refractivity contribution in [2.45, 2.75) is 38.7 Å². The number of hydrogen-bond donors (Lipinski definition) is 2. The molecular formula is C15H26N4O2. The second kappa shape index (κ2) is 7.45. The standard InChI is InChI=1S/C15H26N4O2/c1-12(20)14-6-4-8-19(11-14)15(21)16-7-3-5-13-9-17-18(2)10-13/h9-10,12,14,20H,3-8,11H2,1-2H3,(H,16,21). The van der Waals surface area contributed by atoms with E-state index < -0.39 is 0 Å². The van der Waals surface area contributed by atoms with E-state index in [9.17, 15) is 9.90 Å². The summed E-state index contributed by atoms with van der Waals surface area (Å²) in [5, 5.41) is 16.7. The topological polar surface area (TPSA) is 70.4 Å². The lowest BCUT2D eigenvalue weighted by atomic mass is 9.94. The lowest BCUT2D eigenvalue weighted by Gasteiger charge is -2.34. The van der Waals surface area contributed by atoms with Crippen molar-refractivity contribution in [3.63, 3.8) is 0 Å². The number of carbonyl (C=O) groups excluding carboxylic acids is 1. The van der Waals surface area contributed by atoms with Crippen molar-refractivity contribution in [2.75, 3.05) is 19.6 Å². The van der Waals surface area contributed by atoms with Crippen molar-refractivity contribution in [1.29, 1.82) is 0 Å². The lowest BCUT2D eigenvalue weighted by Crippen LogP contribution is -2.47. The number of nitrogens with one attached hydrogen (secondary N) is 1. The first-order chi connectivity index (χ1) is 10.1. The van der Waals surface area contributed by atoms with Gasteiger partial charge in [0.1, 0.15) is 0 Å². The van der Waals surface area contributed by atoms with Gasteiger partial charge in [-0.05, 0) is 38.2 Å². The van der Waals surface area contributed by atoms with E-state index in [0.717, 1.165) is 32.2 Å². The summed E-state index contributed by atoms with van der Waals surface area (Å²) in [6, 6.07) is -0.00784. The number of likely N-dealkylation sites (tertiary alicyclic amines) is 1. The molecule has 0 aliphatic carbocycles. The predicted octanol–water partition coefficient (Wildman–Crippen LogP) is 1.16. The summed E-state index contributed by atoms with van der Waals surface area (Å²) in [5.74, 6) is 0.208. The average Bonchev–Trinajstić information content (AvgIpc) is 2.89. The Labute approximate surface area is 126 Å². The Hall–Kier alpha value is -1.56. The molecule has 2 N–H and O–H groups in total. The van der Waals surface area contributed by atoms with Crippen molar-refractivity contribution in [1.82, 2.24) is 20.0 Å². The summed E-state index contributed by atoms with van der Waals surface area (Å²) in [6.07, 6.45) is 7.32. The van der Waals surface area contributed by atoms with Crippen LogP contribution in [0.4, 0.5) is 4.79 Å². The zero-order valence-corrected chi connectivity index (χ0v) is 13.0. The molecule has 1 fully saturated rings. The lowest BCUT2D eigenvalue weighted by molar-refractivity contribution is 0.0739. The molecule has 6 nitrogen and oxygen atoms in total. The van der Waals surface area contributed by atoms with Crippen LogP contribution >= 0.6 is 0 Å². The van der Waals surface area contributed by atoms with E-state index in [1.54, 1.807) is 11.6 Å². The molecule has 0 radical (unpaired) electrons. The van der Waals surface area contributed by atoms with E-state index in [0.29, 0.717) is 13.1 Å². The van der Waals surface area contributed by atoms with Crippen LogP contribution in [0.5, 0.6) is 0 Å². The quantitative estimate of drug-likeness (QED) is 0.801. The number of aryl methyl sites for hydroxylation is 2. The van der Waals surface area contributed by atoms with Crippen LogP contribution in [0.3, 0.4) is 0 Å². The van der Waals surface area contributed by atoms with E-state index in [-0.39, 0.29) is 18.1 Å². The van der Waals surface area contributed by atoms with Gasteiger partial charge in [0.25, 0.3) is 0 Å². The molecule has 118 valence electrons. The number of aliphatic hydroxyl groups excluding tert-OH is 1. The summed E-state index contributed by atoms with van der Waals surface area (Å²) in [5.41, 5.74) is 1.19. The van der Waals surface area contributed by atoms with E-state index in [1.165, 1.54) is 5.56 Å². The van der Waals surface area contributed by atoms with Gasteiger partial charge in [-0.2, -0.15) is 5.10 Å². The number of piperidine rings is 1. The molecule has 21 heavy (non-hydrogen) atoms. The number of rotatable bonds is 5. The first kappa shape index (κ1) is 15.8. The number of aromatic nitrogens is 2. The summed E-state index contributed by atoms with van der Waals surface area (Å²) >= 11 is 0. The first-order valence-corrected chi connectivity index (χ1v) is 7.74. The monoisotopic (exact) mass is 294 g/mol. The fraction of sp³-hybridized carbons (Fsp3) is 0.733. The molecule has 0 bridgehead atoms. The summed E-state index contributed by atoms with van der Waals surface area (Å²) in [7, 11) is 1.90. The SMILES string of the molecule is CC(O)C1CCCN(C(=O)NCCCc2cnn(C)c2)C1. The minimum Gasteiger partial charge on any atom is -0.393 e. The molecule has 2 atom stereocenters. The third-order valence-corrected chi connectivity index (χ3v) is 4.10. The molecular weight excluding hydrogens is 268 g/mol. The van der Waals surface area contributed by atoms with Crippen LogP contribution in [0.2, 0.25) is 0 Å². The Morgan fingerprint density at radius 1 is 1.62 bits per heavy atom. The molecule has 6 heteroatoms. The molecule has 1 aromatic rings. The molecule has 1 aliphatic rings. The Kier molecular flexibility index (Phi) is 5.61. The molecule has 2 heterocycles. The Balaban J connectivity index is 1.67. The van der Waals surface area contributed by atoms with Gasteiger partial charge >= 0.3 is 6.03 Å². The van der Waals surface area contributed by atoms with Crippen molar-refractivity contribution in [2.24, 2.45) is 13.0 Å². The molecule has 0 saturated carbocycles. The maximum atomic E-state index is 12.1. The highest BCUT2D eigenvalue weighted by Gasteiger charge is 2.26. The highest BCUT2D eigenvalue weighted by Crippen LogP contribution is 2.19. The van der Waals surface area contributed by atoms with Gasteiger partial charge in [-0.15, -0.1) is 0 Å². The van der Waals surface area contributed by atoms with Crippen LogP contribution in [0.1, 0.15) is 31.7 Å². The summed E-state index contributed by atoms with van der Waals surface area (Å²) < 4.78 is 1.79. The Morgan fingerprint density at radius 2 is 2.43 bits per heavy atom. The van der Waals surface area contributed by atoms with E-state index in [2.05, 4.69) is 10.4 Å². The zero-order valence-electron chi connectivity index (χ0n) is 13.0. The minimum absolute atomic E-state index is 0.00784. The number of hydrogen-bond acceptors (Lipinski definition) is 3. The fourth-order valence-corrected chi connectivity index (χ4v) is 2.79. The van der Waals surface area contributed by atoms with Gasteiger partial charge in [0.15, 0.2) is 0 Å². The minimum atomic E-state index is -0.341. The largest absolute Gasteiger partial charge is 0.393 e. The van der Waals surface area contributed by atoms with Crippen LogP contribution in [0, 0.1) is 5.92 Å². The number of amides is 2. The number of aliphatic hydroxyl groups is 1. The highest BCUT2D eigenvalue weighted by atomic mass is 16.3. The second-order valence-corrected chi connectivity index (χ2v) is 5.95. The third-order valence-electron chi connectivity index (χ3n) is 4.10.